The first-order chi connectivity index (χ1) is 10.8. The van der Waals surface area contributed by atoms with Gasteiger partial charge in [-0.15, -0.1) is 5.53 Å². The second-order valence-corrected chi connectivity index (χ2v) is 7.46. The summed E-state index contributed by atoms with van der Waals surface area (Å²) in [6.07, 6.45) is 8.10. The Morgan fingerprint density at radius 2 is 2.09 bits per heavy atom. The fourth-order valence-electron chi connectivity index (χ4n) is 3.34. The summed E-state index contributed by atoms with van der Waals surface area (Å²) >= 11 is 3.79. The minimum Gasteiger partial charge on any atom is -0.396 e. The summed E-state index contributed by atoms with van der Waals surface area (Å²) in [5, 5.41) is 11.5. The average Bonchev–Trinajstić information content (AvgIpc) is 3.27. The second-order valence-electron chi connectivity index (χ2n) is 6.66. The molecule has 0 spiro atoms. The van der Waals surface area contributed by atoms with Crippen LogP contribution in [-0.4, -0.2) is 18.3 Å². The fourth-order valence-corrected chi connectivity index (χ4v) is 4.03. The lowest BCUT2D eigenvalue weighted by Crippen LogP contribution is -2.37. The van der Waals surface area contributed by atoms with E-state index >= 15 is 0 Å². The van der Waals surface area contributed by atoms with Crippen molar-refractivity contribution in [2.75, 3.05) is 23.6 Å². The van der Waals surface area contributed by atoms with Crippen LogP contribution >= 0.6 is 15.9 Å². The normalized spacial score (nSPS) is 24.0. The van der Waals surface area contributed by atoms with Gasteiger partial charge in [-0.05, 0) is 77.1 Å². The van der Waals surface area contributed by atoms with Crippen molar-refractivity contribution in [1.82, 2.24) is 5.53 Å². The molecule has 0 bridgehead atoms. The largest absolute Gasteiger partial charge is 0.396 e. The van der Waals surface area contributed by atoms with E-state index in [0.717, 1.165) is 41.9 Å². The molecular weight excluding hydrogens is 342 g/mol. The molecule has 1 saturated carbocycles. The number of fused-ring (bicyclic) bond motifs is 1. The van der Waals surface area contributed by atoms with Crippen LogP contribution in [0.2, 0.25) is 0 Å². The predicted molar refractivity (Wildman–Crippen MR) is 93.4 cm³/mol. The smallest absolute Gasteiger partial charge is 0.0901 e. The maximum atomic E-state index is 9.27. The van der Waals surface area contributed by atoms with Gasteiger partial charge in [0.05, 0.1) is 15.8 Å². The van der Waals surface area contributed by atoms with Crippen LogP contribution in [0.15, 0.2) is 22.7 Å². The van der Waals surface area contributed by atoms with Crippen LogP contribution in [0.1, 0.15) is 37.7 Å². The minimum atomic E-state index is 0.302. The molecule has 1 aromatic carbocycles. The van der Waals surface area contributed by atoms with Crippen LogP contribution in [-0.2, 0) is 0 Å². The van der Waals surface area contributed by atoms with Gasteiger partial charge < -0.3 is 10.5 Å². The maximum absolute atomic E-state index is 9.27. The molecule has 5 heteroatoms. The van der Waals surface area contributed by atoms with E-state index in [1.807, 2.05) is 0 Å². The third-order valence-corrected chi connectivity index (χ3v) is 5.81. The van der Waals surface area contributed by atoms with Crippen LogP contribution in [0.25, 0.3) is 5.57 Å². The molecule has 4 rings (SSSR count). The summed E-state index contributed by atoms with van der Waals surface area (Å²) < 4.78 is 1.14. The highest BCUT2D eigenvalue weighted by atomic mass is 79.9. The number of allylic oxidation sites excluding steroid dienone is 2. The van der Waals surface area contributed by atoms with E-state index < -0.39 is 0 Å². The Morgan fingerprint density at radius 1 is 1.23 bits per heavy atom. The number of aliphatic hydroxyl groups is 1. The molecule has 1 fully saturated rings. The number of anilines is 2. The minimum absolute atomic E-state index is 0.302. The van der Waals surface area contributed by atoms with Gasteiger partial charge in [-0.3, -0.25) is 5.01 Å². The number of benzene rings is 1. The highest BCUT2D eigenvalue weighted by molar-refractivity contribution is 9.10. The molecule has 1 heterocycles. The van der Waals surface area contributed by atoms with Gasteiger partial charge in [-0.2, -0.15) is 0 Å². The molecule has 2 aliphatic carbocycles. The van der Waals surface area contributed by atoms with E-state index in [2.05, 4.69) is 50.1 Å². The molecule has 0 aromatic heterocycles. The number of nitrogens with zero attached hydrogens (tertiary/aromatic N) is 1. The van der Waals surface area contributed by atoms with Gasteiger partial charge >= 0.3 is 0 Å². The van der Waals surface area contributed by atoms with Crippen molar-refractivity contribution in [3.63, 3.8) is 0 Å². The summed E-state index contributed by atoms with van der Waals surface area (Å²) in [6, 6.07) is 4.44. The van der Waals surface area contributed by atoms with Gasteiger partial charge in [-0.1, -0.05) is 12.1 Å². The summed E-state index contributed by atoms with van der Waals surface area (Å²) in [4.78, 5) is 0. The molecule has 0 amide bonds. The van der Waals surface area contributed by atoms with Crippen molar-refractivity contribution in [2.45, 2.75) is 32.1 Å². The first-order valence-electron chi connectivity index (χ1n) is 8.18. The molecule has 1 aromatic rings. The van der Waals surface area contributed by atoms with Gasteiger partial charge in [0.25, 0.3) is 0 Å². The third kappa shape index (κ3) is 2.66. The summed E-state index contributed by atoms with van der Waals surface area (Å²) in [6.45, 7) is 1.38. The van der Waals surface area contributed by atoms with Gasteiger partial charge in [-0.25, -0.2) is 0 Å². The molecule has 0 radical (unpaired) electrons. The van der Waals surface area contributed by atoms with Crippen LogP contribution in [0.5, 0.6) is 0 Å². The quantitative estimate of drug-likeness (QED) is 0.763. The van der Waals surface area contributed by atoms with E-state index in [9.17, 15) is 5.11 Å². The molecule has 3 N–H and O–H groups in total. The molecule has 3 aliphatic rings. The molecule has 118 valence electrons. The number of hydrogen-bond acceptors (Lipinski definition) is 4. The van der Waals surface area contributed by atoms with Crippen LogP contribution in [0.4, 0.5) is 11.4 Å². The zero-order chi connectivity index (χ0) is 15.1. The summed E-state index contributed by atoms with van der Waals surface area (Å²) in [5.41, 5.74) is 11.6. The first kappa shape index (κ1) is 14.5. The molecule has 22 heavy (non-hydrogen) atoms. The molecular formula is C17H22BrN3O. The monoisotopic (exact) mass is 363 g/mol. The average molecular weight is 364 g/mol. The highest BCUT2D eigenvalue weighted by Crippen LogP contribution is 2.44. The topological polar surface area (TPSA) is 47.5 Å². The number of hydrogen-bond donors (Lipinski definition) is 3. The second kappa shape index (κ2) is 5.87. The Kier molecular flexibility index (Phi) is 3.88. The lowest BCUT2D eigenvalue weighted by Gasteiger charge is -2.22. The zero-order valence-corrected chi connectivity index (χ0v) is 14.2. The Morgan fingerprint density at radius 3 is 2.77 bits per heavy atom. The van der Waals surface area contributed by atoms with E-state index in [1.54, 1.807) is 0 Å². The number of rotatable bonds is 4. The van der Waals surface area contributed by atoms with Crippen molar-refractivity contribution in [1.29, 1.82) is 0 Å². The predicted octanol–water partition coefficient (Wildman–Crippen LogP) is 3.69. The van der Waals surface area contributed by atoms with Gasteiger partial charge in [0, 0.05) is 13.2 Å². The van der Waals surface area contributed by atoms with E-state index in [4.69, 9.17) is 0 Å². The van der Waals surface area contributed by atoms with Crippen molar-refractivity contribution < 1.29 is 5.11 Å². The van der Waals surface area contributed by atoms with Crippen LogP contribution < -0.4 is 16.0 Å². The van der Waals surface area contributed by atoms with E-state index in [1.165, 1.54) is 29.7 Å². The number of nitrogens with one attached hydrogen (secondary N) is 2. The Hall–Kier alpha value is -1.04. The SMILES string of the molecule is OCC1CC=C(c2ccc3c(c2Br)NNN3CC2CC2)CC1. The first-order valence-corrected chi connectivity index (χ1v) is 8.97. The fraction of sp³-hybridized carbons (Fsp3) is 0.529. The van der Waals surface area contributed by atoms with Crippen LogP contribution in [0.3, 0.4) is 0 Å². The molecule has 4 nitrogen and oxygen atoms in total. The summed E-state index contributed by atoms with van der Waals surface area (Å²) in [7, 11) is 0. The van der Waals surface area contributed by atoms with E-state index in [0.29, 0.717) is 12.5 Å². The van der Waals surface area contributed by atoms with Gasteiger partial charge in [0.15, 0.2) is 0 Å². The molecule has 1 unspecified atom stereocenters. The third-order valence-electron chi connectivity index (χ3n) is 4.99. The van der Waals surface area contributed by atoms with Crippen molar-refractivity contribution >= 4 is 32.9 Å². The molecule has 0 saturated heterocycles. The highest BCUT2D eigenvalue weighted by Gasteiger charge is 2.30. The molecule has 1 atom stereocenters. The summed E-state index contributed by atoms with van der Waals surface area (Å²) in [5.74, 6) is 1.28. The Balaban J connectivity index is 1.59. The van der Waals surface area contributed by atoms with Crippen molar-refractivity contribution in [3.05, 3.63) is 28.2 Å². The van der Waals surface area contributed by atoms with Crippen molar-refractivity contribution in [2.24, 2.45) is 11.8 Å². The lowest BCUT2D eigenvalue weighted by atomic mass is 9.87. The number of aliphatic hydroxyl groups excluding tert-OH is 1. The Bertz CT molecular complexity index is 612. The standard InChI is InChI=1S/C17H22BrN3O/c18-16-14(13-5-3-12(10-22)4-6-13)7-8-15-17(16)19-20-21(15)9-11-1-2-11/h5,7-8,11-12,19-20,22H,1-4,6,9-10H2. The molecule has 1 aliphatic heterocycles. The number of halogens is 1. The van der Waals surface area contributed by atoms with Crippen LogP contribution in [0, 0.1) is 11.8 Å². The Labute approximate surface area is 139 Å². The number of hydrazine groups is 2. The maximum Gasteiger partial charge on any atom is 0.0901 e. The lowest BCUT2D eigenvalue weighted by molar-refractivity contribution is 0.218. The van der Waals surface area contributed by atoms with Crippen molar-refractivity contribution in [3.8, 4) is 0 Å². The van der Waals surface area contributed by atoms with E-state index in [-0.39, 0.29) is 0 Å². The van der Waals surface area contributed by atoms with Gasteiger partial charge in [0.2, 0.25) is 0 Å². The zero-order valence-electron chi connectivity index (χ0n) is 12.6. The van der Waals surface area contributed by atoms with Gasteiger partial charge in [0.1, 0.15) is 0 Å².